The van der Waals surface area contributed by atoms with Crippen LogP contribution in [0.3, 0.4) is 0 Å². The predicted octanol–water partition coefficient (Wildman–Crippen LogP) is 2.02. The molecule has 3 N–H and O–H groups in total. The Morgan fingerprint density at radius 1 is 1.32 bits per heavy atom. The van der Waals surface area contributed by atoms with E-state index in [0.29, 0.717) is 0 Å². The molecule has 1 aromatic carbocycles. The van der Waals surface area contributed by atoms with Crippen molar-refractivity contribution in [3.8, 4) is 5.75 Å². The van der Waals surface area contributed by atoms with Gasteiger partial charge in [0.25, 0.3) is 0 Å². The van der Waals surface area contributed by atoms with E-state index in [1.807, 2.05) is 0 Å². The maximum Gasteiger partial charge on any atom is 0.416 e. The zero-order valence-corrected chi connectivity index (χ0v) is 14.4. The summed E-state index contributed by atoms with van der Waals surface area (Å²) in [5.41, 5.74) is 3.07. The Morgan fingerprint density at radius 3 is 2.61 bits per heavy atom. The molecule has 1 aliphatic heterocycles. The van der Waals surface area contributed by atoms with Crippen LogP contribution in [0.2, 0.25) is 0 Å². The second kappa shape index (κ2) is 7.04. The van der Waals surface area contributed by atoms with Gasteiger partial charge >= 0.3 is 12.1 Å². The highest BCUT2D eigenvalue weighted by atomic mass is 19.4. The molecule has 3 rings (SSSR count). The van der Waals surface area contributed by atoms with Gasteiger partial charge in [0.2, 0.25) is 17.1 Å². The monoisotopic (exact) mass is 397 g/mol. The van der Waals surface area contributed by atoms with Crippen molar-refractivity contribution in [3.05, 3.63) is 74.7 Å². The molecule has 0 radical (unpaired) electrons. The van der Waals surface area contributed by atoms with Crippen molar-refractivity contribution in [1.82, 2.24) is 0 Å². The fourth-order valence-electron chi connectivity index (χ4n) is 2.99. The lowest BCUT2D eigenvalue weighted by Crippen LogP contribution is -2.30. The van der Waals surface area contributed by atoms with Crippen LogP contribution in [0.15, 0.2) is 51.0 Å². The number of aliphatic hydroxyl groups is 1. The first-order valence-corrected chi connectivity index (χ1v) is 7.88. The van der Waals surface area contributed by atoms with Gasteiger partial charge in [0, 0.05) is 6.07 Å². The molecule has 0 unspecified atom stereocenters. The number of esters is 1. The molecule has 28 heavy (non-hydrogen) atoms. The summed E-state index contributed by atoms with van der Waals surface area (Å²) in [5.74, 6) is -4.24. The van der Waals surface area contributed by atoms with Crippen LogP contribution in [0.25, 0.3) is 0 Å². The number of hydrogen-bond donors (Lipinski definition) is 2. The van der Waals surface area contributed by atoms with Crippen LogP contribution in [-0.4, -0.2) is 18.2 Å². The average molecular weight is 397 g/mol. The highest BCUT2D eigenvalue weighted by molar-refractivity contribution is 5.92. The van der Waals surface area contributed by atoms with Crippen molar-refractivity contribution in [3.63, 3.8) is 0 Å². The molecule has 10 heteroatoms. The van der Waals surface area contributed by atoms with Crippen LogP contribution in [0.1, 0.15) is 28.6 Å². The maximum absolute atomic E-state index is 13.6. The summed E-state index contributed by atoms with van der Waals surface area (Å²) in [6.07, 6.45) is -4.76. The van der Waals surface area contributed by atoms with Gasteiger partial charge in [-0.15, -0.1) is 0 Å². The fourth-order valence-corrected chi connectivity index (χ4v) is 2.99. The Balaban J connectivity index is 2.39. The fraction of sp³-hybridized carbons (Fsp3) is 0.222. The Hall–Kier alpha value is -3.27. The highest BCUT2D eigenvalue weighted by Gasteiger charge is 2.43. The number of aliphatic hydroxyl groups excluding tert-OH is 1. The Morgan fingerprint density at radius 2 is 2.00 bits per heavy atom. The summed E-state index contributed by atoms with van der Waals surface area (Å²) in [6, 6.07) is 5.38. The molecule has 1 aromatic heterocycles. The van der Waals surface area contributed by atoms with E-state index in [9.17, 15) is 27.9 Å². The quantitative estimate of drug-likeness (QED) is 0.762. The van der Waals surface area contributed by atoms with Gasteiger partial charge in [0.15, 0.2) is 5.76 Å². The van der Waals surface area contributed by atoms with Gasteiger partial charge in [-0.2, -0.15) is 13.2 Å². The van der Waals surface area contributed by atoms with Gasteiger partial charge in [0.1, 0.15) is 17.9 Å². The molecule has 1 aliphatic rings. The first kappa shape index (κ1) is 19.5. The van der Waals surface area contributed by atoms with Crippen LogP contribution in [0.5, 0.6) is 5.75 Å². The van der Waals surface area contributed by atoms with Crippen molar-refractivity contribution < 1.29 is 37.0 Å². The number of nitrogens with two attached hydrogens (primary N) is 1. The summed E-state index contributed by atoms with van der Waals surface area (Å²) >= 11 is 0. The third-order valence-corrected chi connectivity index (χ3v) is 4.15. The molecule has 0 amide bonds. The number of carbonyl (C=O) groups is 1. The van der Waals surface area contributed by atoms with Gasteiger partial charge in [-0.1, -0.05) is 18.2 Å². The van der Waals surface area contributed by atoms with E-state index in [2.05, 4.69) is 4.74 Å². The maximum atomic E-state index is 13.6. The molecule has 0 fully saturated rings. The lowest BCUT2D eigenvalue weighted by molar-refractivity contribution is -0.139. The SMILES string of the molecule is COC(=O)C1=C(N)Oc2c(oc(CO)cc2=O)[C@H]1c1ccccc1C(F)(F)F. The van der Waals surface area contributed by atoms with Crippen molar-refractivity contribution in [2.75, 3.05) is 7.11 Å². The number of hydrogen-bond acceptors (Lipinski definition) is 7. The first-order chi connectivity index (χ1) is 13.2. The van der Waals surface area contributed by atoms with E-state index in [-0.39, 0.29) is 17.1 Å². The number of rotatable bonds is 3. The van der Waals surface area contributed by atoms with Crippen LogP contribution in [0, 0.1) is 0 Å². The normalized spacial score (nSPS) is 16.4. The summed E-state index contributed by atoms with van der Waals surface area (Å²) in [4.78, 5) is 24.6. The molecule has 0 bridgehead atoms. The number of methoxy groups -OCH3 is 1. The lowest BCUT2D eigenvalue weighted by atomic mass is 9.84. The van der Waals surface area contributed by atoms with Gasteiger partial charge in [-0.3, -0.25) is 4.79 Å². The topological polar surface area (TPSA) is 112 Å². The largest absolute Gasteiger partial charge is 0.465 e. The summed E-state index contributed by atoms with van der Waals surface area (Å²) < 4.78 is 55.9. The van der Waals surface area contributed by atoms with Crippen molar-refractivity contribution in [2.24, 2.45) is 5.73 Å². The molecule has 7 nitrogen and oxygen atoms in total. The number of alkyl halides is 3. The van der Waals surface area contributed by atoms with Gasteiger partial charge in [-0.05, 0) is 11.6 Å². The minimum Gasteiger partial charge on any atom is -0.465 e. The summed E-state index contributed by atoms with van der Waals surface area (Å²) in [6.45, 7) is -0.692. The van der Waals surface area contributed by atoms with Gasteiger partial charge in [0.05, 0.1) is 18.6 Å². The molecule has 1 atom stereocenters. The molecule has 2 heterocycles. The van der Waals surface area contributed by atoms with E-state index in [1.54, 1.807) is 0 Å². The molecular weight excluding hydrogens is 383 g/mol. The van der Waals surface area contributed by atoms with Gasteiger partial charge in [-0.25, -0.2) is 4.79 Å². The Bertz CT molecular complexity index is 1020. The Labute approximate surface area is 155 Å². The van der Waals surface area contributed by atoms with Crippen LogP contribution in [0.4, 0.5) is 13.2 Å². The first-order valence-electron chi connectivity index (χ1n) is 7.88. The number of ether oxygens (including phenoxy) is 2. The van der Waals surface area contributed by atoms with E-state index >= 15 is 0 Å². The average Bonchev–Trinajstić information content (AvgIpc) is 2.66. The Kier molecular flexibility index (Phi) is 4.90. The number of halogens is 3. The van der Waals surface area contributed by atoms with Crippen molar-refractivity contribution in [1.29, 1.82) is 0 Å². The molecule has 148 valence electrons. The van der Waals surface area contributed by atoms with Crippen LogP contribution >= 0.6 is 0 Å². The summed E-state index contributed by atoms with van der Waals surface area (Å²) in [7, 11) is 1.02. The standard InChI is InChI=1S/C18H14F3NO6/c1-26-17(25)13-12(9-4-2-3-5-10(9)18(19,20)21)15-14(28-16(13)22)11(24)6-8(7-23)27-15/h2-6,12,23H,7,22H2,1H3/t12-/m0/s1. The molecule has 0 spiro atoms. The third kappa shape index (κ3) is 3.22. The van der Waals surface area contributed by atoms with Crippen molar-refractivity contribution in [2.45, 2.75) is 18.7 Å². The number of benzene rings is 1. The minimum atomic E-state index is -4.76. The minimum absolute atomic E-state index is 0.216. The smallest absolute Gasteiger partial charge is 0.416 e. The third-order valence-electron chi connectivity index (χ3n) is 4.15. The van der Waals surface area contributed by atoms with Crippen LogP contribution in [-0.2, 0) is 22.3 Å². The molecule has 0 saturated carbocycles. The van der Waals surface area contributed by atoms with E-state index in [1.165, 1.54) is 12.1 Å². The van der Waals surface area contributed by atoms with E-state index in [4.69, 9.17) is 14.9 Å². The molecule has 0 saturated heterocycles. The zero-order chi connectivity index (χ0) is 20.6. The second-order valence-corrected chi connectivity index (χ2v) is 5.82. The summed E-state index contributed by atoms with van der Waals surface area (Å²) in [5, 5.41) is 9.30. The van der Waals surface area contributed by atoms with Crippen molar-refractivity contribution >= 4 is 5.97 Å². The van der Waals surface area contributed by atoms with E-state index in [0.717, 1.165) is 25.3 Å². The zero-order valence-electron chi connectivity index (χ0n) is 14.4. The second-order valence-electron chi connectivity index (χ2n) is 5.82. The van der Waals surface area contributed by atoms with Gasteiger partial charge < -0.3 is 24.7 Å². The predicted molar refractivity (Wildman–Crippen MR) is 88.0 cm³/mol. The highest BCUT2D eigenvalue weighted by Crippen LogP contribution is 2.45. The lowest BCUT2D eigenvalue weighted by Gasteiger charge is -2.28. The molecule has 0 aliphatic carbocycles. The molecular formula is C18H14F3NO6. The van der Waals surface area contributed by atoms with E-state index < -0.39 is 52.9 Å². The van der Waals surface area contributed by atoms with Crippen LogP contribution < -0.4 is 15.9 Å². The molecule has 2 aromatic rings. The number of fused-ring (bicyclic) bond motifs is 1. The number of carbonyl (C=O) groups excluding carboxylic acids is 1.